The van der Waals surface area contributed by atoms with E-state index in [2.05, 4.69) is 39.9 Å². The van der Waals surface area contributed by atoms with Gasteiger partial charge in [0.15, 0.2) is 0 Å². The van der Waals surface area contributed by atoms with Gasteiger partial charge >= 0.3 is 0 Å². The number of benzene rings is 1. The number of rotatable bonds is 8. The van der Waals surface area contributed by atoms with Gasteiger partial charge < -0.3 is 4.90 Å². The third kappa shape index (κ3) is 4.19. The first-order valence-corrected chi connectivity index (χ1v) is 8.32. The molecule has 0 saturated heterocycles. The van der Waals surface area contributed by atoms with Crippen LogP contribution in [0.4, 0.5) is 5.69 Å². The molecule has 0 aromatic heterocycles. The topological polar surface area (TPSA) is 32.7 Å². The Morgan fingerprint density at radius 2 is 1.85 bits per heavy atom. The summed E-state index contributed by atoms with van der Waals surface area (Å²) in [6.45, 7) is 8.25. The normalized spacial score (nSPS) is 12.2. The molecule has 1 rings (SSSR count). The summed E-state index contributed by atoms with van der Waals surface area (Å²) in [6.07, 6.45) is 2.82. The molecule has 112 valence electrons. The van der Waals surface area contributed by atoms with E-state index in [1.807, 2.05) is 19.1 Å². The summed E-state index contributed by atoms with van der Waals surface area (Å²) in [7, 11) is 0. The van der Waals surface area contributed by atoms with E-state index in [-0.39, 0.29) is 6.04 Å². The van der Waals surface area contributed by atoms with Crippen LogP contribution in [0.1, 0.15) is 51.6 Å². The lowest BCUT2D eigenvalue weighted by atomic mass is 10.0. The largest absolute Gasteiger partial charge is 0.372 e. The third-order valence-electron chi connectivity index (χ3n) is 3.27. The highest BCUT2D eigenvalue weighted by Gasteiger charge is 2.18. The highest BCUT2D eigenvalue weighted by Crippen LogP contribution is 2.37. The lowest BCUT2D eigenvalue weighted by molar-refractivity contribution is 0.692. The lowest BCUT2D eigenvalue weighted by Gasteiger charge is -2.25. The van der Waals surface area contributed by atoms with Crippen LogP contribution in [0.2, 0.25) is 5.02 Å². The van der Waals surface area contributed by atoms with Gasteiger partial charge in [0.25, 0.3) is 0 Å². The van der Waals surface area contributed by atoms with E-state index in [1.54, 1.807) is 0 Å². The van der Waals surface area contributed by atoms with Crippen molar-refractivity contribution in [2.45, 2.75) is 46.1 Å². The molecule has 0 aliphatic heterocycles. The summed E-state index contributed by atoms with van der Waals surface area (Å²) >= 11 is 9.80. The Balaban J connectivity index is 3.23. The molecule has 1 aromatic rings. The molecule has 0 saturated carbocycles. The van der Waals surface area contributed by atoms with Gasteiger partial charge in [0.2, 0.25) is 0 Å². The molecular weight excluding hydrogens is 340 g/mol. The van der Waals surface area contributed by atoms with Crippen LogP contribution in [0.25, 0.3) is 0 Å². The maximum absolute atomic E-state index is 11.0. The fourth-order valence-electron chi connectivity index (χ4n) is 2.28. The van der Waals surface area contributed by atoms with Crippen LogP contribution in [0.3, 0.4) is 0 Å². The predicted octanol–water partition coefficient (Wildman–Crippen LogP) is 5.95. The van der Waals surface area contributed by atoms with Gasteiger partial charge in [-0.2, -0.15) is 4.91 Å². The van der Waals surface area contributed by atoms with Crippen molar-refractivity contribution < 1.29 is 0 Å². The van der Waals surface area contributed by atoms with Gasteiger partial charge in [0, 0.05) is 28.8 Å². The van der Waals surface area contributed by atoms with E-state index in [1.165, 1.54) is 0 Å². The number of hydrogen-bond acceptors (Lipinski definition) is 3. The monoisotopic (exact) mass is 360 g/mol. The number of nitroso groups, excluding NO2 is 1. The lowest BCUT2D eigenvalue weighted by Crippen LogP contribution is -2.25. The standard InChI is InChI=1S/C15H22BrClN2O/c1-4-7-19(8-5-2)11-9-12(14(6-3)18-20)15(17)13(16)10-11/h9-10,14H,4-8H2,1-3H3. The van der Waals surface area contributed by atoms with Crippen molar-refractivity contribution in [2.75, 3.05) is 18.0 Å². The van der Waals surface area contributed by atoms with E-state index < -0.39 is 0 Å². The van der Waals surface area contributed by atoms with Crippen LogP contribution in [0, 0.1) is 4.91 Å². The second kappa shape index (κ2) is 8.63. The maximum atomic E-state index is 11.0. The van der Waals surface area contributed by atoms with E-state index in [4.69, 9.17) is 11.6 Å². The summed E-state index contributed by atoms with van der Waals surface area (Å²) < 4.78 is 0.825. The van der Waals surface area contributed by atoms with Gasteiger partial charge in [0.05, 0.1) is 5.02 Å². The molecule has 20 heavy (non-hydrogen) atoms. The molecule has 0 N–H and O–H groups in total. The quantitative estimate of drug-likeness (QED) is 0.536. The third-order valence-corrected chi connectivity index (χ3v) is 4.54. The summed E-state index contributed by atoms with van der Waals surface area (Å²) in [5.41, 5.74) is 1.91. The summed E-state index contributed by atoms with van der Waals surface area (Å²) in [5, 5.41) is 3.79. The van der Waals surface area contributed by atoms with Gasteiger partial charge in [0.1, 0.15) is 6.04 Å². The Morgan fingerprint density at radius 3 is 2.30 bits per heavy atom. The molecule has 5 heteroatoms. The first-order valence-electron chi connectivity index (χ1n) is 7.15. The number of anilines is 1. The minimum absolute atomic E-state index is 0.385. The zero-order valence-corrected chi connectivity index (χ0v) is 14.7. The van der Waals surface area contributed by atoms with E-state index in [0.717, 1.165) is 41.7 Å². The van der Waals surface area contributed by atoms with Crippen molar-refractivity contribution >= 4 is 33.2 Å². The van der Waals surface area contributed by atoms with Crippen LogP contribution < -0.4 is 4.90 Å². The molecule has 0 aliphatic carbocycles. The molecule has 0 bridgehead atoms. The molecule has 1 aromatic carbocycles. The predicted molar refractivity (Wildman–Crippen MR) is 90.8 cm³/mol. The molecule has 0 fully saturated rings. The first-order chi connectivity index (χ1) is 9.58. The first kappa shape index (κ1) is 17.4. The summed E-state index contributed by atoms with van der Waals surface area (Å²) in [5.74, 6) is 0. The molecule has 0 spiro atoms. The fraction of sp³-hybridized carbons (Fsp3) is 0.600. The van der Waals surface area contributed by atoms with Crippen molar-refractivity contribution in [3.8, 4) is 0 Å². The molecular formula is C15H22BrClN2O. The second-order valence-corrected chi connectivity index (χ2v) is 6.08. The Kier molecular flexibility index (Phi) is 7.52. The molecule has 0 amide bonds. The smallest absolute Gasteiger partial charge is 0.118 e. The number of nitrogens with zero attached hydrogens (tertiary/aromatic N) is 2. The van der Waals surface area contributed by atoms with Crippen LogP contribution in [0.5, 0.6) is 0 Å². The number of hydrogen-bond donors (Lipinski definition) is 0. The second-order valence-electron chi connectivity index (χ2n) is 4.85. The maximum Gasteiger partial charge on any atom is 0.118 e. The van der Waals surface area contributed by atoms with Crippen molar-refractivity contribution in [1.82, 2.24) is 0 Å². The Morgan fingerprint density at radius 1 is 1.25 bits per heavy atom. The van der Waals surface area contributed by atoms with Gasteiger partial charge in [-0.05, 0) is 47.3 Å². The Labute approximate surface area is 134 Å². The molecule has 1 atom stereocenters. The van der Waals surface area contributed by atoms with E-state index >= 15 is 0 Å². The summed E-state index contributed by atoms with van der Waals surface area (Å²) in [6, 6.07) is 3.65. The molecule has 1 unspecified atom stereocenters. The zero-order chi connectivity index (χ0) is 15.1. The van der Waals surface area contributed by atoms with Crippen molar-refractivity contribution in [3.63, 3.8) is 0 Å². The van der Waals surface area contributed by atoms with Crippen LogP contribution >= 0.6 is 27.5 Å². The van der Waals surface area contributed by atoms with Crippen LogP contribution in [0.15, 0.2) is 21.8 Å². The minimum Gasteiger partial charge on any atom is -0.372 e. The highest BCUT2D eigenvalue weighted by molar-refractivity contribution is 9.10. The van der Waals surface area contributed by atoms with Gasteiger partial charge in [-0.3, -0.25) is 0 Å². The Hall–Kier alpha value is -0.610. The average molecular weight is 362 g/mol. The van der Waals surface area contributed by atoms with Gasteiger partial charge in [-0.1, -0.05) is 37.5 Å². The van der Waals surface area contributed by atoms with Gasteiger partial charge in [-0.15, -0.1) is 0 Å². The molecule has 0 radical (unpaired) electrons. The van der Waals surface area contributed by atoms with E-state index in [0.29, 0.717) is 11.4 Å². The molecule has 0 aliphatic rings. The number of halogens is 2. The highest BCUT2D eigenvalue weighted by atomic mass is 79.9. The van der Waals surface area contributed by atoms with Crippen LogP contribution in [-0.2, 0) is 0 Å². The van der Waals surface area contributed by atoms with Crippen molar-refractivity contribution in [2.24, 2.45) is 5.18 Å². The molecule has 3 nitrogen and oxygen atoms in total. The zero-order valence-electron chi connectivity index (χ0n) is 12.3. The van der Waals surface area contributed by atoms with Crippen molar-refractivity contribution in [1.29, 1.82) is 0 Å². The Bertz CT molecular complexity index is 448. The minimum atomic E-state index is -0.385. The average Bonchev–Trinajstić information content (AvgIpc) is 2.44. The molecule has 0 heterocycles. The van der Waals surface area contributed by atoms with Crippen LogP contribution in [-0.4, -0.2) is 13.1 Å². The van der Waals surface area contributed by atoms with Crippen molar-refractivity contribution in [3.05, 3.63) is 32.1 Å². The summed E-state index contributed by atoms with van der Waals surface area (Å²) in [4.78, 5) is 13.3. The SMILES string of the molecule is CCCN(CCC)c1cc(Br)c(Cl)c(C(CC)N=O)c1. The fourth-order valence-corrected chi connectivity index (χ4v) is 2.98. The van der Waals surface area contributed by atoms with Gasteiger partial charge in [-0.25, -0.2) is 0 Å². The van der Waals surface area contributed by atoms with E-state index in [9.17, 15) is 4.91 Å².